The van der Waals surface area contributed by atoms with E-state index in [0.717, 1.165) is 21.7 Å². The number of nitrogens with zero attached hydrogens (tertiary/aromatic N) is 3. The largest absolute Gasteiger partial charge is 0.486 e. The average molecular weight is 318 g/mol. The van der Waals surface area contributed by atoms with Crippen molar-refractivity contribution in [2.24, 2.45) is 0 Å². The monoisotopic (exact) mass is 317 g/mol. The first-order valence-corrected chi connectivity index (χ1v) is 6.71. The van der Waals surface area contributed by atoms with Crippen LogP contribution in [-0.2, 0) is 6.61 Å². The van der Waals surface area contributed by atoms with Crippen molar-refractivity contribution in [2.45, 2.75) is 13.5 Å². The van der Waals surface area contributed by atoms with E-state index in [0.29, 0.717) is 6.61 Å². The molecule has 0 aliphatic heterocycles. The fourth-order valence-electron chi connectivity index (χ4n) is 1.81. The number of hydrogen-bond acceptors (Lipinski definition) is 3. The number of ether oxygens (including phenoxy) is 1. The van der Waals surface area contributed by atoms with Crippen LogP contribution >= 0.6 is 15.9 Å². The number of fused-ring (bicyclic) bond motifs is 1. The third-order valence-electron chi connectivity index (χ3n) is 2.85. The molecular weight excluding hydrogens is 306 g/mol. The fraction of sp³-hybridized carbons (Fsp3) is 0.143. The van der Waals surface area contributed by atoms with Gasteiger partial charge < -0.3 is 4.74 Å². The Morgan fingerprint density at radius 2 is 1.95 bits per heavy atom. The van der Waals surface area contributed by atoms with Gasteiger partial charge in [0.15, 0.2) is 11.5 Å². The summed E-state index contributed by atoms with van der Waals surface area (Å²) in [6.45, 7) is 2.44. The third kappa shape index (κ3) is 2.46. The molecule has 0 aliphatic carbocycles. The second-order valence-corrected chi connectivity index (χ2v) is 5.12. The van der Waals surface area contributed by atoms with Crippen LogP contribution in [0.4, 0.5) is 0 Å². The Balaban J connectivity index is 1.82. The molecule has 0 N–H and O–H groups in total. The van der Waals surface area contributed by atoms with Gasteiger partial charge in [-0.3, -0.25) is 4.40 Å². The minimum Gasteiger partial charge on any atom is -0.486 e. The van der Waals surface area contributed by atoms with E-state index in [9.17, 15) is 0 Å². The Labute approximate surface area is 119 Å². The number of benzene rings is 1. The van der Waals surface area contributed by atoms with Crippen molar-refractivity contribution in [1.29, 1.82) is 0 Å². The van der Waals surface area contributed by atoms with Crippen molar-refractivity contribution in [3.8, 4) is 5.75 Å². The fourth-order valence-corrected chi connectivity index (χ4v) is 2.24. The van der Waals surface area contributed by atoms with Gasteiger partial charge in [-0.1, -0.05) is 17.7 Å². The molecule has 2 heterocycles. The van der Waals surface area contributed by atoms with Gasteiger partial charge in [-0.25, -0.2) is 0 Å². The van der Waals surface area contributed by atoms with Crippen LogP contribution in [0.3, 0.4) is 0 Å². The second-order valence-electron chi connectivity index (χ2n) is 4.27. The zero-order valence-electron chi connectivity index (χ0n) is 10.4. The van der Waals surface area contributed by atoms with Gasteiger partial charge in [0, 0.05) is 6.20 Å². The summed E-state index contributed by atoms with van der Waals surface area (Å²) in [6, 6.07) is 11.8. The predicted molar refractivity (Wildman–Crippen MR) is 76.2 cm³/mol. The molecule has 0 spiro atoms. The maximum atomic E-state index is 5.71. The maximum Gasteiger partial charge on any atom is 0.175 e. The lowest BCUT2D eigenvalue weighted by atomic mass is 10.2. The topological polar surface area (TPSA) is 39.4 Å². The number of aromatic nitrogens is 3. The Morgan fingerprint density at radius 3 is 2.74 bits per heavy atom. The number of hydrogen-bond donors (Lipinski definition) is 0. The summed E-state index contributed by atoms with van der Waals surface area (Å²) in [7, 11) is 0. The smallest absolute Gasteiger partial charge is 0.175 e. The van der Waals surface area contributed by atoms with Gasteiger partial charge in [0.2, 0.25) is 0 Å². The summed E-state index contributed by atoms with van der Waals surface area (Å²) in [5.74, 6) is 1.61. The van der Waals surface area contributed by atoms with E-state index in [1.165, 1.54) is 5.56 Å². The first-order valence-electron chi connectivity index (χ1n) is 5.91. The van der Waals surface area contributed by atoms with Crippen LogP contribution in [0.25, 0.3) is 5.65 Å². The zero-order chi connectivity index (χ0) is 13.2. The molecule has 0 aliphatic rings. The highest BCUT2D eigenvalue weighted by atomic mass is 79.9. The molecule has 4 nitrogen and oxygen atoms in total. The Hall–Kier alpha value is -1.88. The molecule has 5 heteroatoms. The first kappa shape index (κ1) is 12.2. The zero-order valence-corrected chi connectivity index (χ0v) is 12.0. The molecule has 3 rings (SSSR count). The number of aryl methyl sites for hydroxylation is 1. The minimum atomic E-state index is 0.390. The quantitative estimate of drug-likeness (QED) is 0.743. The highest BCUT2D eigenvalue weighted by molar-refractivity contribution is 9.10. The highest BCUT2D eigenvalue weighted by Gasteiger charge is 2.08. The van der Waals surface area contributed by atoms with Gasteiger partial charge in [0.05, 0.1) is 4.47 Å². The van der Waals surface area contributed by atoms with E-state index in [-0.39, 0.29) is 0 Å². The normalized spacial score (nSPS) is 10.8. The van der Waals surface area contributed by atoms with Gasteiger partial charge in [0.1, 0.15) is 12.4 Å². The van der Waals surface area contributed by atoms with Gasteiger partial charge in [-0.15, -0.1) is 10.2 Å². The summed E-state index contributed by atoms with van der Waals surface area (Å²) in [4.78, 5) is 0. The van der Waals surface area contributed by atoms with Gasteiger partial charge in [0.25, 0.3) is 0 Å². The first-order chi connectivity index (χ1) is 9.24. The second kappa shape index (κ2) is 5.01. The van der Waals surface area contributed by atoms with Crippen LogP contribution in [0.2, 0.25) is 0 Å². The molecule has 3 aromatic rings. The third-order valence-corrected chi connectivity index (χ3v) is 3.47. The van der Waals surface area contributed by atoms with Crippen LogP contribution in [0.5, 0.6) is 5.75 Å². The lowest BCUT2D eigenvalue weighted by Crippen LogP contribution is -2.01. The molecule has 0 amide bonds. The predicted octanol–water partition coefficient (Wildman–Crippen LogP) is 3.38. The van der Waals surface area contributed by atoms with Crippen molar-refractivity contribution in [3.63, 3.8) is 0 Å². The Morgan fingerprint density at radius 1 is 1.16 bits per heavy atom. The summed E-state index contributed by atoms with van der Waals surface area (Å²) in [6.07, 6.45) is 1.92. The van der Waals surface area contributed by atoms with E-state index < -0.39 is 0 Å². The molecule has 0 saturated carbocycles. The highest BCUT2D eigenvalue weighted by Crippen LogP contribution is 2.17. The average Bonchev–Trinajstić information content (AvgIpc) is 2.83. The molecule has 96 valence electrons. The lowest BCUT2D eigenvalue weighted by Gasteiger charge is -2.05. The maximum absolute atomic E-state index is 5.71. The summed E-state index contributed by atoms with van der Waals surface area (Å²) in [5.41, 5.74) is 2.01. The van der Waals surface area contributed by atoms with Gasteiger partial charge in [-0.05, 0) is 47.1 Å². The van der Waals surface area contributed by atoms with Gasteiger partial charge >= 0.3 is 0 Å². The molecule has 0 unspecified atom stereocenters. The van der Waals surface area contributed by atoms with Crippen LogP contribution in [-0.4, -0.2) is 14.6 Å². The Bertz CT molecular complexity index is 706. The number of rotatable bonds is 3. The van der Waals surface area contributed by atoms with E-state index in [1.807, 2.05) is 53.9 Å². The van der Waals surface area contributed by atoms with Crippen LogP contribution in [0.1, 0.15) is 11.4 Å². The molecule has 0 atom stereocenters. The lowest BCUT2D eigenvalue weighted by molar-refractivity contribution is 0.294. The molecule has 19 heavy (non-hydrogen) atoms. The van der Waals surface area contributed by atoms with E-state index >= 15 is 0 Å². The SMILES string of the molecule is Cc1ccc(OCc2nnc3c(Br)cccn23)cc1. The van der Waals surface area contributed by atoms with Crippen LogP contribution in [0, 0.1) is 6.92 Å². The van der Waals surface area contributed by atoms with Crippen LogP contribution < -0.4 is 4.74 Å². The number of halogens is 1. The van der Waals surface area contributed by atoms with Crippen LogP contribution in [0.15, 0.2) is 47.1 Å². The van der Waals surface area contributed by atoms with Gasteiger partial charge in [-0.2, -0.15) is 0 Å². The molecule has 0 bridgehead atoms. The molecule has 0 radical (unpaired) electrons. The molecule has 1 aromatic carbocycles. The summed E-state index contributed by atoms with van der Waals surface area (Å²) in [5, 5.41) is 8.28. The molecular formula is C14H12BrN3O. The minimum absolute atomic E-state index is 0.390. The molecule has 2 aromatic heterocycles. The molecule has 0 fully saturated rings. The van der Waals surface area contributed by atoms with Crippen molar-refractivity contribution < 1.29 is 4.74 Å². The summed E-state index contributed by atoms with van der Waals surface area (Å²) < 4.78 is 8.55. The molecule has 0 saturated heterocycles. The Kier molecular flexibility index (Phi) is 3.21. The number of pyridine rings is 1. The van der Waals surface area contributed by atoms with Crippen molar-refractivity contribution in [2.75, 3.05) is 0 Å². The van der Waals surface area contributed by atoms with E-state index in [1.54, 1.807) is 0 Å². The van der Waals surface area contributed by atoms with E-state index in [2.05, 4.69) is 26.1 Å². The van der Waals surface area contributed by atoms with E-state index in [4.69, 9.17) is 4.74 Å². The van der Waals surface area contributed by atoms with Crippen molar-refractivity contribution in [3.05, 3.63) is 58.5 Å². The summed E-state index contributed by atoms with van der Waals surface area (Å²) >= 11 is 3.45. The van der Waals surface area contributed by atoms with Crippen molar-refractivity contribution >= 4 is 21.6 Å². The standard InChI is InChI=1S/C14H12BrN3O/c1-10-4-6-11(7-5-10)19-9-13-16-17-14-12(15)3-2-8-18(13)14/h2-8H,9H2,1H3. The van der Waals surface area contributed by atoms with Crippen molar-refractivity contribution in [1.82, 2.24) is 14.6 Å².